The van der Waals surface area contributed by atoms with E-state index in [1.807, 2.05) is 30.3 Å². The Hall–Kier alpha value is -1.38. The molecule has 0 atom stereocenters. The summed E-state index contributed by atoms with van der Waals surface area (Å²) in [5.41, 5.74) is 0.969. The molecule has 0 unspecified atom stereocenters. The molecule has 1 aromatic carbocycles. The van der Waals surface area contributed by atoms with Crippen molar-refractivity contribution < 1.29 is 8.42 Å². The van der Waals surface area contributed by atoms with E-state index in [1.54, 1.807) is 0 Å². The molecule has 0 saturated carbocycles. The summed E-state index contributed by atoms with van der Waals surface area (Å²) in [6.45, 7) is 0.360. The monoisotopic (exact) mass is 298 g/mol. The Morgan fingerprint density at radius 3 is 2.74 bits per heavy atom. The first-order valence-electron chi connectivity index (χ1n) is 5.60. The largest absolute Gasteiger partial charge is 0.258 e. The molecule has 0 aliphatic carbocycles. The van der Waals surface area contributed by atoms with Gasteiger partial charge < -0.3 is 0 Å². The van der Waals surface area contributed by atoms with E-state index in [1.165, 1.54) is 11.8 Å². The predicted octanol–water partition coefficient (Wildman–Crippen LogP) is 1.11. The third-order valence-electron chi connectivity index (χ3n) is 2.21. The van der Waals surface area contributed by atoms with Crippen LogP contribution in [0.2, 0.25) is 0 Å². The summed E-state index contributed by atoms with van der Waals surface area (Å²) < 4.78 is 24.2. The molecule has 19 heavy (non-hydrogen) atoms. The highest BCUT2D eigenvalue weighted by Crippen LogP contribution is 2.18. The summed E-state index contributed by atoms with van der Waals surface area (Å²) in [6.07, 6.45) is 1.14. The minimum Gasteiger partial charge on any atom is -0.258 e. The summed E-state index contributed by atoms with van der Waals surface area (Å²) in [5.74, 6) is 1.29. The molecular weight excluding hydrogens is 284 g/mol. The van der Waals surface area contributed by atoms with Crippen LogP contribution in [0.15, 0.2) is 35.5 Å². The minimum atomic E-state index is -3.13. The van der Waals surface area contributed by atoms with E-state index in [4.69, 9.17) is 0 Å². The molecule has 0 spiro atoms. The highest BCUT2D eigenvalue weighted by Gasteiger charge is 2.06. The number of hydrogen-bond donors (Lipinski definition) is 2. The zero-order valence-electron chi connectivity index (χ0n) is 10.3. The Balaban J connectivity index is 1.88. The van der Waals surface area contributed by atoms with E-state index >= 15 is 0 Å². The lowest BCUT2D eigenvalue weighted by atomic mass is 10.2. The second-order valence-corrected chi connectivity index (χ2v) is 6.74. The number of benzene rings is 1. The Morgan fingerprint density at radius 2 is 2.05 bits per heavy atom. The fourth-order valence-electron chi connectivity index (χ4n) is 1.41. The van der Waals surface area contributed by atoms with Crippen molar-refractivity contribution in [3.8, 4) is 11.4 Å². The van der Waals surface area contributed by atoms with Crippen molar-refractivity contribution in [1.29, 1.82) is 0 Å². The summed E-state index contributed by atoms with van der Waals surface area (Å²) in [6, 6.07) is 9.69. The van der Waals surface area contributed by atoms with Crippen LogP contribution in [0.25, 0.3) is 11.4 Å². The van der Waals surface area contributed by atoms with Crippen molar-refractivity contribution in [3.63, 3.8) is 0 Å². The third-order valence-corrected chi connectivity index (χ3v) is 3.79. The van der Waals surface area contributed by atoms with Crippen LogP contribution in [0.5, 0.6) is 0 Å². The Morgan fingerprint density at radius 1 is 1.32 bits per heavy atom. The first-order chi connectivity index (χ1) is 9.04. The number of H-pyrrole nitrogens is 1. The van der Waals surface area contributed by atoms with Crippen LogP contribution >= 0.6 is 11.8 Å². The van der Waals surface area contributed by atoms with Crippen LogP contribution in [0, 0.1) is 0 Å². The van der Waals surface area contributed by atoms with Gasteiger partial charge in [0.05, 0.1) is 6.26 Å². The molecule has 0 amide bonds. The molecule has 1 heterocycles. The zero-order chi connectivity index (χ0) is 13.7. The van der Waals surface area contributed by atoms with Crippen LogP contribution in [-0.4, -0.2) is 42.2 Å². The van der Waals surface area contributed by atoms with Gasteiger partial charge in [0.1, 0.15) is 0 Å². The lowest BCUT2D eigenvalue weighted by Crippen LogP contribution is -2.24. The molecule has 2 rings (SSSR count). The molecule has 0 saturated heterocycles. The maximum absolute atomic E-state index is 10.9. The maximum Gasteiger partial charge on any atom is 0.208 e. The topological polar surface area (TPSA) is 87.7 Å². The fourth-order valence-corrected chi connectivity index (χ4v) is 2.66. The van der Waals surface area contributed by atoms with E-state index < -0.39 is 10.0 Å². The fraction of sp³-hybridized carbons (Fsp3) is 0.273. The number of nitrogens with zero attached hydrogens (tertiary/aromatic N) is 2. The van der Waals surface area contributed by atoms with Crippen LogP contribution in [0.3, 0.4) is 0 Å². The molecule has 1 aromatic heterocycles. The predicted molar refractivity (Wildman–Crippen MR) is 75.4 cm³/mol. The third kappa shape index (κ3) is 4.66. The smallest absolute Gasteiger partial charge is 0.208 e. The van der Waals surface area contributed by atoms with Crippen molar-refractivity contribution in [3.05, 3.63) is 30.3 Å². The maximum atomic E-state index is 10.9. The average molecular weight is 298 g/mol. The molecule has 2 N–H and O–H groups in total. The summed E-state index contributed by atoms with van der Waals surface area (Å²) >= 11 is 1.40. The van der Waals surface area contributed by atoms with Crippen LogP contribution in [0.1, 0.15) is 0 Å². The van der Waals surface area contributed by atoms with Crippen molar-refractivity contribution >= 4 is 21.8 Å². The highest BCUT2D eigenvalue weighted by atomic mass is 32.2. The number of hydrogen-bond acceptors (Lipinski definition) is 5. The van der Waals surface area contributed by atoms with Crippen LogP contribution in [0.4, 0.5) is 0 Å². The van der Waals surface area contributed by atoms with Crippen molar-refractivity contribution in [2.75, 3.05) is 18.6 Å². The first-order valence-corrected chi connectivity index (χ1v) is 8.47. The molecular formula is C11H14N4O2S2. The van der Waals surface area contributed by atoms with Gasteiger partial charge in [-0.1, -0.05) is 42.1 Å². The molecule has 0 bridgehead atoms. The summed E-state index contributed by atoms with van der Waals surface area (Å²) in [5, 5.41) is 7.54. The Kier molecular flexibility index (Phi) is 4.56. The van der Waals surface area contributed by atoms with Gasteiger partial charge in [-0.05, 0) is 0 Å². The SMILES string of the molecule is CS(=O)(=O)NCCSc1n[nH]c(-c2ccccc2)n1. The van der Waals surface area contributed by atoms with Gasteiger partial charge in [0, 0.05) is 17.9 Å². The lowest BCUT2D eigenvalue weighted by Gasteiger charge is -1.99. The van der Waals surface area contributed by atoms with Gasteiger partial charge >= 0.3 is 0 Å². The van der Waals surface area contributed by atoms with Gasteiger partial charge in [-0.25, -0.2) is 18.1 Å². The number of aromatic amines is 1. The second-order valence-electron chi connectivity index (χ2n) is 3.85. The Labute approximate surface area is 116 Å². The number of thioether (sulfide) groups is 1. The quantitative estimate of drug-likeness (QED) is 0.616. The van der Waals surface area contributed by atoms with Gasteiger partial charge in [-0.15, -0.1) is 5.10 Å². The lowest BCUT2D eigenvalue weighted by molar-refractivity contribution is 0.590. The Bertz CT molecular complexity index is 625. The number of aromatic nitrogens is 3. The summed E-state index contributed by atoms with van der Waals surface area (Å²) in [4.78, 5) is 4.33. The van der Waals surface area contributed by atoms with E-state index in [0.717, 1.165) is 11.8 Å². The highest BCUT2D eigenvalue weighted by molar-refractivity contribution is 7.99. The zero-order valence-corrected chi connectivity index (χ0v) is 12.0. The van der Waals surface area contributed by atoms with Gasteiger partial charge in [0.2, 0.25) is 15.2 Å². The number of sulfonamides is 1. The molecule has 8 heteroatoms. The molecule has 0 aliphatic rings. The molecule has 0 radical (unpaired) electrons. The standard InChI is InChI=1S/C11H14N4O2S2/c1-19(16,17)12-7-8-18-11-13-10(14-15-11)9-5-3-2-4-6-9/h2-6,12H,7-8H2,1H3,(H,13,14,15). The van der Waals surface area contributed by atoms with E-state index in [-0.39, 0.29) is 0 Å². The number of nitrogens with one attached hydrogen (secondary N) is 2. The average Bonchev–Trinajstić information content (AvgIpc) is 2.83. The van der Waals surface area contributed by atoms with E-state index in [9.17, 15) is 8.42 Å². The van der Waals surface area contributed by atoms with Gasteiger partial charge in [0.15, 0.2) is 5.82 Å². The molecule has 6 nitrogen and oxygen atoms in total. The molecule has 102 valence electrons. The van der Waals surface area contributed by atoms with Crippen molar-refractivity contribution in [1.82, 2.24) is 19.9 Å². The summed E-state index contributed by atoms with van der Waals surface area (Å²) in [7, 11) is -3.13. The van der Waals surface area contributed by atoms with E-state index in [0.29, 0.717) is 23.3 Å². The number of rotatable bonds is 6. The minimum absolute atomic E-state index is 0.360. The van der Waals surface area contributed by atoms with E-state index in [2.05, 4.69) is 19.9 Å². The van der Waals surface area contributed by atoms with Crippen molar-refractivity contribution in [2.24, 2.45) is 0 Å². The van der Waals surface area contributed by atoms with Gasteiger partial charge in [0.25, 0.3) is 0 Å². The van der Waals surface area contributed by atoms with Gasteiger partial charge in [-0.2, -0.15) is 0 Å². The second kappa shape index (κ2) is 6.18. The van der Waals surface area contributed by atoms with Gasteiger partial charge in [-0.3, -0.25) is 5.10 Å². The first kappa shape index (κ1) is 14.0. The molecule has 2 aromatic rings. The molecule has 0 aliphatic heterocycles. The van der Waals surface area contributed by atoms with Crippen LogP contribution in [-0.2, 0) is 10.0 Å². The molecule has 0 fully saturated rings. The van der Waals surface area contributed by atoms with Crippen LogP contribution < -0.4 is 4.72 Å². The van der Waals surface area contributed by atoms with Crippen molar-refractivity contribution in [2.45, 2.75) is 5.16 Å². The normalized spacial score (nSPS) is 11.6.